The van der Waals surface area contributed by atoms with Crippen molar-refractivity contribution in [2.24, 2.45) is 18.4 Å². The van der Waals surface area contributed by atoms with Crippen molar-refractivity contribution in [2.75, 3.05) is 11.1 Å². The summed E-state index contributed by atoms with van der Waals surface area (Å²) in [5.41, 5.74) is 2.72. The smallest absolute Gasteiger partial charge is 0.235 e. The van der Waals surface area contributed by atoms with Crippen molar-refractivity contribution in [1.82, 2.24) is 19.7 Å². The number of thioether (sulfide) groups is 1. The molecule has 0 spiro atoms. The van der Waals surface area contributed by atoms with Gasteiger partial charge in [-0.15, -0.1) is 21.5 Å². The zero-order valence-electron chi connectivity index (χ0n) is 18.7. The van der Waals surface area contributed by atoms with E-state index in [1.165, 1.54) is 16.6 Å². The van der Waals surface area contributed by atoms with Crippen LogP contribution in [0.15, 0.2) is 29.6 Å². The van der Waals surface area contributed by atoms with Crippen molar-refractivity contribution in [3.8, 4) is 17.6 Å². The molecule has 1 atom stereocenters. The molecule has 0 radical (unpaired) electrons. The van der Waals surface area contributed by atoms with Gasteiger partial charge < -0.3 is 9.88 Å². The molecule has 1 aliphatic carbocycles. The van der Waals surface area contributed by atoms with Gasteiger partial charge in [0.2, 0.25) is 5.91 Å². The number of thiophene rings is 1. The molecule has 32 heavy (non-hydrogen) atoms. The average Bonchev–Trinajstić information content (AvgIpc) is 3.31. The van der Waals surface area contributed by atoms with Gasteiger partial charge in [0.05, 0.1) is 11.3 Å². The number of nitrogens with one attached hydrogen (secondary N) is 1. The van der Waals surface area contributed by atoms with Crippen molar-refractivity contribution < 1.29 is 4.79 Å². The van der Waals surface area contributed by atoms with Gasteiger partial charge in [-0.1, -0.05) is 38.6 Å². The lowest BCUT2D eigenvalue weighted by Gasteiger charge is -2.33. The summed E-state index contributed by atoms with van der Waals surface area (Å²) in [4.78, 5) is 18.2. The lowest BCUT2D eigenvalue weighted by molar-refractivity contribution is -0.113. The van der Waals surface area contributed by atoms with E-state index in [1.54, 1.807) is 17.5 Å². The van der Waals surface area contributed by atoms with Crippen molar-refractivity contribution in [3.63, 3.8) is 0 Å². The minimum absolute atomic E-state index is 0.153. The van der Waals surface area contributed by atoms with Crippen LogP contribution in [0.1, 0.15) is 43.2 Å². The third kappa shape index (κ3) is 4.57. The molecule has 1 unspecified atom stereocenters. The molecule has 166 valence electrons. The highest BCUT2D eigenvalue weighted by molar-refractivity contribution is 7.99. The minimum Gasteiger partial charge on any atom is -0.316 e. The Morgan fingerprint density at radius 3 is 2.88 bits per heavy atom. The monoisotopic (exact) mass is 466 g/mol. The van der Waals surface area contributed by atoms with E-state index < -0.39 is 0 Å². The van der Waals surface area contributed by atoms with Gasteiger partial charge in [0.15, 0.2) is 11.0 Å². The summed E-state index contributed by atoms with van der Waals surface area (Å²) >= 11 is 2.87. The van der Waals surface area contributed by atoms with Crippen LogP contribution in [0.3, 0.4) is 0 Å². The maximum absolute atomic E-state index is 12.7. The van der Waals surface area contributed by atoms with Crippen LogP contribution in [0.25, 0.3) is 11.5 Å². The van der Waals surface area contributed by atoms with Crippen molar-refractivity contribution >= 4 is 34.0 Å². The van der Waals surface area contributed by atoms with Gasteiger partial charge in [-0.25, -0.2) is 0 Å². The number of rotatable bonds is 5. The number of carbonyl (C=O) groups excluding carboxylic acids is 1. The molecule has 1 amide bonds. The molecule has 0 saturated heterocycles. The molecule has 0 bridgehead atoms. The number of carbonyl (C=O) groups is 1. The van der Waals surface area contributed by atoms with Crippen LogP contribution in [-0.4, -0.2) is 31.4 Å². The topological polar surface area (TPSA) is 96.5 Å². The second kappa shape index (κ2) is 9.04. The van der Waals surface area contributed by atoms with E-state index in [0.29, 0.717) is 27.5 Å². The third-order valence-electron chi connectivity index (χ3n) is 5.92. The van der Waals surface area contributed by atoms with Gasteiger partial charge in [0.25, 0.3) is 0 Å². The number of pyridine rings is 1. The molecule has 9 heteroatoms. The zero-order valence-corrected chi connectivity index (χ0v) is 20.3. The van der Waals surface area contributed by atoms with E-state index in [4.69, 9.17) is 0 Å². The minimum atomic E-state index is -0.153. The number of anilines is 1. The van der Waals surface area contributed by atoms with E-state index in [0.717, 1.165) is 30.5 Å². The molecule has 0 aliphatic heterocycles. The van der Waals surface area contributed by atoms with Gasteiger partial charge in [0.1, 0.15) is 16.8 Å². The summed E-state index contributed by atoms with van der Waals surface area (Å²) in [6, 6.07) is 7.94. The highest BCUT2D eigenvalue weighted by Crippen LogP contribution is 2.44. The Hall–Kier alpha value is -2.70. The van der Waals surface area contributed by atoms with Crippen LogP contribution < -0.4 is 5.32 Å². The van der Waals surface area contributed by atoms with Crippen molar-refractivity contribution in [1.29, 1.82) is 5.26 Å². The SMILES string of the molecule is Cn1c(SCC(=O)Nc2sc3c(c2C#N)CCC(C(C)(C)C)C3)nnc1-c1ccccn1. The fraction of sp³-hybridized carbons (Fsp3) is 0.435. The van der Waals surface area contributed by atoms with Crippen LogP contribution in [0.2, 0.25) is 0 Å². The molecular weight excluding hydrogens is 440 g/mol. The standard InChI is InChI=1S/C23H26N6OS2/c1-23(2,3)14-8-9-15-16(12-24)21(32-18(15)11-14)26-19(30)13-31-22-28-27-20(29(22)4)17-7-5-6-10-25-17/h5-7,10,14H,8-9,11,13H2,1-4H3,(H,26,30). The predicted octanol–water partition coefficient (Wildman–Crippen LogP) is 4.69. The molecule has 3 aromatic rings. The first kappa shape index (κ1) is 22.5. The highest BCUT2D eigenvalue weighted by Gasteiger charge is 2.32. The summed E-state index contributed by atoms with van der Waals surface area (Å²) < 4.78 is 1.83. The molecule has 7 nitrogen and oxygen atoms in total. The Kier molecular flexibility index (Phi) is 6.35. The first-order valence-electron chi connectivity index (χ1n) is 10.6. The molecule has 0 saturated carbocycles. The van der Waals surface area contributed by atoms with E-state index >= 15 is 0 Å². The fourth-order valence-corrected chi connectivity index (χ4v) is 5.99. The van der Waals surface area contributed by atoms with Crippen molar-refractivity contribution in [3.05, 3.63) is 40.4 Å². The second-order valence-electron chi connectivity index (χ2n) is 9.04. The van der Waals surface area contributed by atoms with Gasteiger partial charge >= 0.3 is 0 Å². The quantitative estimate of drug-likeness (QED) is 0.548. The first-order valence-corrected chi connectivity index (χ1v) is 12.4. The van der Waals surface area contributed by atoms with E-state index in [9.17, 15) is 10.1 Å². The van der Waals surface area contributed by atoms with Crippen LogP contribution in [-0.2, 0) is 24.7 Å². The molecular formula is C23H26N6OS2. The molecule has 4 rings (SSSR count). The summed E-state index contributed by atoms with van der Waals surface area (Å²) in [5.74, 6) is 1.27. The zero-order chi connectivity index (χ0) is 22.9. The molecule has 0 aromatic carbocycles. The largest absolute Gasteiger partial charge is 0.316 e. The summed E-state index contributed by atoms with van der Waals surface area (Å²) in [6.45, 7) is 6.81. The number of nitrogens with zero attached hydrogens (tertiary/aromatic N) is 5. The highest BCUT2D eigenvalue weighted by atomic mass is 32.2. The number of hydrogen-bond acceptors (Lipinski definition) is 7. The van der Waals surface area contributed by atoms with E-state index in [1.807, 2.05) is 29.8 Å². The number of fused-ring (bicyclic) bond motifs is 1. The van der Waals surface area contributed by atoms with Crippen LogP contribution >= 0.6 is 23.1 Å². The van der Waals surface area contributed by atoms with Crippen LogP contribution in [0.4, 0.5) is 5.00 Å². The van der Waals surface area contributed by atoms with E-state index in [2.05, 4.69) is 47.3 Å². The lowest BCUT2D eigenvalue weighted by Crippen LogP contribution is -2.26. The average molecular weight is 467 g/mol. The van der Waals surface area contributed by atoms with Gasteiger partial charge in [-0.2, -0.15) is 5.26 Å². The molecule has 3 aromatic heterocycles. The second-order valence-corrected chi connectivity index (χ2v) is 11.1. The summed E-state index contributed by atoms with van der Waals surface area (Å²) in [7, 11) is 1.86. The molecule has 1 aliphatic rings. The van der Waals surface area contributed by atoms with Crippen LogP contribution in [0, 0.1) is 22.7 Å². The van der Waals surface area contributed by atoms with Crippen LogP contribution in [0.5, 0.6) is 0 Å². The van der Waals surface area contributed by atoms with Gasteiger partial charge in [-0.3, -0.25) is 9.78 Å². The molecule has 1 N–H and O–H groups in total. The Bertz CT molecular complexity index is 1170. The van der Waals surface area contributed by atoms with Gasteiger partial charge in [-0.05, 0) is 48.3 Å². The summed E-state index contributed by atoms with van der Waals surface area (Å²) in [6.07, 6.45) is 4.66. The van der Waals surface area contributed by atoms with Gasteiger partial charge in [0, 0.05) is 18.1 Å². The number of amides is 1. The fourth-order valence-electron chi connectivity index (χ4n) is 3.98. The molecule has 3 heterocycles. The van der Waals surface area contributed by atoms with Crippen molar-refractivity contribution in [2.45, 2.75) is 45.2 Å². The summed E-state index contributed by atoms with van der Waals surface area (Å²) in [5, 5.41) is 22.4. The number of hydrogen-bond donors (Lipinski definition) is 1. The Morgan fingerprint density at radius 1 is 1.38 bits per heavy atom. The molecule has 0 fully saturated rings. The van der Waals surface area contributed by atoms with E-state index in [-0.39, 0.29) is 17.1 Å². The third-order valence-corrected chi connectivity index (χ3v) is 8.11. The predicted molar refractivity (Wildman–Crippen MR) is 128 cm³/mol. The lowest BCUT2D eigenvalue weighted by atomic mass is 9.72. The Morgan fingerprint density at radius 2 is 2.19 bits per heavy atom. The Labute approximate surface area is 196 Å². The normalized spacial score (nSPS) is 15.8. The Balaban J connectivity index is 1.43. The first-order chi connectivity index (χ1) is 15.3. The number of aromatic nitrogens is 4. The maximum atomic E-state index is 12.7. The number of nitriles is 1. The maximum Gasteiger partial charge on any atom is 0.235 e.